The molecule has 0 radical (unpaired) electrons. The number of hydrogen-bond donors (Lipinski definition) is 2. The molecule has 0 bridgehead atoms. The van der Waals surface area contributed by atoms with Crippen molar-refractivity contribution in [2.45, 2.75) is 52.6 Å². The summed E-state index contributed by atoms with van der Waals surface area (Å²) < 4.78 is 5.19. The Morgan fingerprint density at radius 1 is 1.23 bits per heavy atom. The van der Waals surface area contributed by atoms with Crippen LogP contribution in [0.2, 0.25) is 0 Å². The van der Waals surface area contributed by atoms with E-state index in [0.29, 0.717) is 6.54 Å². The fraction of sp³-hybridized carbons (Fsp3) is 0.875. The molecule has 6 nitrogen and oxygen atoms in total. The van der Waals surface area contributed by atoms with E-state index in [-0.39, 0.29) is 6.09 Å². The van der Waals surface area contributed by atoms with E-state index >= 15 is 0 Å². The van der Waals surface area contributed by atoms with Crippen molar-refractivity contribution in [1.82, 2.24) is 15.5 Å². The normalized spacial score (nSPS) is 17.3. The minimum absolute atomic E-state index is 0.359. The van der Waals surface area contributed by atoms with Gasteiger partial charge in [-0.2, -0.15) is 0 Å². The van der Waals surface area contributed by atoms with Gasteiger partial charge >= 0.3 is 6.09 Å². The molecule has 1 fully saturated rings. The number of piperidine rings is 1. The molecule has 128 valence electrons. The Morgan fingerprint density at radius 2 is 1.82 bits per heavy atom. The quantitative estimate of drug-likeness (QED) is 0.474. The molecule has 0 atom stereocenters. The molecule has 1 aliphatic heterocycles. The van der Waals surface area contributed by atoms with Crippen LogP contribution in [0.5, 0.6) is 0 Å². The molecule has 1 rings (SSSR count). The molecular formula is C16H32N4O2. The second-order valence-corrected chi connectivity index (χ2v) is 6.93. The van der Waals surface area contributed by atoms with Crippen LogP contribution in [0, 0.1) is 5.92 Å². The van der Waals surface area contributed by atoms with E-state index in [9.17, 15) is 4.79 Å². The number of carbonyl (C=O) groups excluding carboxylic acids is 1. The number of nitrogens with one attached hydrogen (secondary N) is 2. The number of aliphatic imine (C=N–C) groups is 1. The Hall–Kier alpha value is -1.46. The maximum absolute atomic E-state index is 11.5. The largest absolute Gasteiger partial charge is 0.444 e. The summed E-state index contributed by atoms with van der Waals surface area (Å²) in [4.78, 5) is 18.1. The fourth-order valence-electron chi connectivity index (χ4n) is 2.35. The highest BCUT2D eigenvalue weighted by Crippen LogP contribution is 2.15. The van der Waals surface area contributed by atoms with Gasteiger partial charge in [0.25, 0.3) is 0 Å². The molecule has 0 aromatic carbocycles. The summed E-state index contributed by atoms with van der Waals surface area (Å²) in [7, 11) is 1.82. The number of likely N-dealkylation sites (tertiary alicyclic amines) is 1. The fourth-order valence-corrected chi connectivity index (χ4v) is 2.35. The maximum Gasteiger partial charge on any atom is 0.407 e. The Morgan fingerprint density at radius 3 is 2.36 bits per heavy atom. The van der Waals surface area contributed by atoms with E-state index in [1.165, 1.54) is 12.8 Å². The van der Waals surface area contributed by atoms with Gasteiger partial charge in [0.05, 0.1) is 0 Å². The zero-order valence-corrected chi connectivity index (χ0v) is 14.7. The number of nitrogens with zero attached hydrogens (tertiary/aromatic N) is 2. The molecule has 0 aromatic rings. The zero-order chi connectivity index (χ0) is 16.6. The number of hydrogen-bond acceptors (Lipinski definition) is 3. The van der Waals surface area contributed by atoms with Gasteiger partial charge in [0.2, 0.25) is 0 Å². The van der Waals surface area contributed by atoms with Crippen LogP contribution in [-0.2, 0) is 4.74 Å². The third-order valence-electron chi connectivity index (χ3n) is 3.60. The van der Waals surface area contributed by atoms with Gasteiger partial charge in [-0.25, -0.2) is 4.79 Å². The highest BCUT2D eigenvalue weighted by atomic mass is 16.6. The third-order valence-corrected chi connectivity index (χ3v) is 3.60. The lowest BCUT2D eigenvalue weighted by atomic mass is 10.00. The van der Waals surface area contributed by atoms with Gasteiger partial charge in [0.15, 0.2) is 5.96 Å². The number of ether oxygens (including phenoxy) is 1. The van der Waals surface area contributed by atoms with E-state index in [1.54, 1.807) is 0 Å². The number of carbonyl (C=O) groups is 1. The summed E-state index contributed by atoms with van der Waals surface area (Å²) in [5.41, 5.74) is -0.449. The van der Waals surface area contributed by atoms with Crippen molar-refractivity contribution in [3.05, 3.63) is 0 Å². The van der Waals surface area contributed by atoms with Crippen LogP contribution in [0.1, 0.15) is 47.0 Å². The molecular weight excluding hydrogens is 280 g/mol. The lowest BCUT2D eigenvalue weighted by molar-refractivity contribution is 0.0527. The predicted octanol–water partition coefficient (Wildman–Crippen LogP) is 2.21. The maximum atomic E-state index is 11.5. The van der Waals surface area contributed by atoms with Crippen molar-refractivity contribution < 1.29 is 9.53 Å². The van der Waals surface area contributed by atoms with E-state index in [1.807, 2.05) is 27.8 Å². The number of guanidine groups is 1. The Labute approximate surface area is 134 Å². The molecule has 0 aliphatic carbocycles. The average molecular weight is 312 g/mol. The summed E-state index contributed by atoms with van der Waals surface area (Å²) in [6.45, 7) is 11.4. The third kappa shape index (κ3) is 7.52. The van der Waals surface area contributed by atoms with Gasteiger partial charge in [-0.15, -0.1) is 0 Å². The van der Waals surface area contributed by atoms with Gasteiger partial charge in [0, 0.05) is 33.2 Å². The van der Waals surface area contributed by atoms with Crippen molar-refractivity contribution in [2.75, 3.05) is 33.2 Å². The predicted molar refractivity (Wildman–Crippen MR) is 90.2 cm³/mol. The van der Waals surface area contributed by atoms with E-state index in [2.05, 4.69) is 27.4 Å². The van der Waals surface area contributed by atoms with Crippen LogP contribution in [0.4, 0.5) is 4.79 Å². The van der Waals surface area contributed by atoms with Gasteiger partial charge in [-0.05, 0) is 46.0 Å². The summed E-state index contributed by atoms with van der Waals surface area (Å²) in [5.74, 6) is 1.77. The van der Waals surface area contributed by atoms with E-state index in [0.717, 1.165) is 37.9 Å². The monoisotopic (exact) mass is 312 g/mol. The van der Waals surface area contributed by atoms with Crippen LogP contribution in [0.25, 0.3) is 0 Å². The topological polar surface area (TPSA) is 66.0 Å². The molecule has 0 aromatic heterocycles. The smallest absolute Gasteiger partial charge is 0.407 e. The molecule has 0 unspecified atom stereocenters. The van der Waals surface area contributed by atoms with Gasteiger partial charge in [-0.3, -0.25) is 4.99 Å². The Balaban J connectivity index is 2.16. The Bertz CT molecular complexity index is 369. The molecule has 22 heavy (non-hydrogen) atoms. The highest BCUT2D eigenvalue weighted by molar-refractivity contribution is 5.79. The number of amides is 1. The molecule has 6 heteroatoms. The second-order valence-electron chi connectivity index (χ2n) is 6.93. The van der Waals surface area contributed by atoms with Crippen molar-refractivity contribution >= 4 is 12.1 Å². The number of rotatable bonds is 4. The molecule has 0 saturated carbocycles. The van der Waals surface area contributed by atoms with Crippen LogP contribution >= 0.6 is 0 Å². The summed E-state index contributed by atoms with van der Waals surface area (Å²) in [6, 6.07) is 0. The standard InChI is InChI=1S/C16H32N4O2/c1-13-7-11-20(12-8-13)14(17-5)18-9-6-10-19-15(21)22-16(2,3)4/h13H,6-12H2,1-5H3,(H,17,18)(H,19,21). The van der Waals surface area contributed by atoms with E-state index in [4.69, 9.17) is 4.74 Å². The highest BCUT2D eigenvalue weighted by Gasteiger charge is 2.18. The summed E-state index contributed by atoms with van der Waals surface area (Å²) >= 11 is 0. The molecule has 1 amide bonds. The van der Waals surface area contributed by atoms with Gasteiger partial charge in [0.1, 0.15) is 5.60 Å². The first-order chi connectivity index (χ1) is 10.3. The van der Waals surface area contributed by atoms with Crippen molar-refractivity contribution in [3.8, 4) is 0 Å². The molecule has 1 saturated heterocycles. The van der Waals surface area contributed by atoms with Crippen LogP contribution in [-0.4, -0.2) is 55.8 Å². The SMILES string of the molecule is CN=C(NCCCNC(=O)OC(C)(C)C)N1CCC(C)CC1. The zero-order valence-electron chi connectivity index (χ0n) is 14.7. The average Bonchev–Trinajstić information content (AvgIpc) is 2.42. The first kappa shape index (κ1) is 18.6. The Kier molecular flexibility index (Phi) is 7.48. The minimum Gasteiger partial charge on any atom is -0.444 e. The second kappa shape index (κ2) is 8.86. The molecule has 1 aliphatic rings. The first-order valence-electron chi connectivity index (χ1n) is 8.24. The molecule has 2 N–H and O–H groups in total. The van der Waals surface area contributed by atoms with Gasteiger partial charge < -0.3 is 20.3 Å². The van der Waals surface area contributed by atoms with Gasteiger partial charge in [-0.1, -0.05) is 6.92 Å². The van der Waals surface area contributed by atoms with Crippen LogP contribution in [0.3, 0.4) is 0 Å². The van der Waals surface area contributed by atoms with Crippen molar-refractivity contribution in [2.24, 2.45) is 10.9 Å². The molecule has 1 heterocycles. The summed E-state index contributed by atoms with van der Waals surface area (Å²) in [6.07, 6.45) is 2.92. The van der Waals surface area contributed by atoms with Crippen molar-refractivity contribution in [1.29, 1.82) is 0 Å². The van der Waals surface area contributed by atoms with Crippen LogP contribution in [0.15, 0.2) is 4.99 Å². The van der Waals surface area contributed by atoms with E-state index < -0.39 is 5.60 Å². The number of alkyl carbamates (subject to hydrolysis) is 1. The lowest BCUT2D eigenvalue weighted by Gasteiger charge is -2.32. The first-order valence-corrected chi connectivity index (χ1v) is 8.24. The lowest BCUT2D eigenvalue weighted by Crippen LogP contribution is -2.46. The minimum atomic E-state index is -0.449. The van der Waals surface area contributed by atoms with Crippen LogP contribution < -0.4 is 10.6 Å². The molecule has 0 spiro atoms. The summed E-state index contributed by atoms with van der Waals surface area (Å²) in [5, 5.41) is 6.12. The van der Waals surface area contributed by atoms with Crippen molar-refractivity contribution in [3.63, 3.8) is 0 Å².